The summed E-state index contributed by atoms with van der Waals surface area (Å²) >= 11 is 3.67. The first-order valence-electron chi connectivity index (χ1n) is 14.5. The summed E-state index contributed by atoms with van der Waals surface area (Å²) < 4.78 is 5.08. The lowest BCUT2D eigenvalue weighted by Crippen LogP contribution is -2.00. The Kier molecular flexibility index (Phi) is 5.86. The molecule has 44 heavy (non-hydrogen) atoms. The summed E-state index contributed by atoms with van der Waals surface area (Å²) in [6, 6.07) is 49.1. The molecule has 0 aliphatic carbocycles. The molecule has 9 rings (SSSR count). The van der Waals surface area contributed by atoms with Crippen LogP contribution in [0.1, 0.15) is 0 Å². The standard InChI is InChI=1S/C39H23N3S2/c1-3-11-24(12-4-1)37-40-38(25-13-5-2-6-14-25)42-39(41-37)31-21-27(23-35-36(31)30-16-8-10-18-33(30)44-35)26-19-20-29-28-15-7-9-17-32(28)43-34(29)22-26/h1-23H. The van der Waals surface area contributed by atoms with Crippen molar-refractivity contribution >= 4 is 63.0 Å². The van der Waals surface area contributed by atoms with E-state index < -0.39 is 0 Å². The first-order chi connectivity index (χ1) is 21.8. The van der Waals surface area contributed by atoms with Crippen LogP contribution in [0.5, 0.6) is 0 Å². The molecule has 0 aliphatic heterocycles. The first-order valence-corrected chi connectivity index (χ1v) is 16.2. The fourth-order valence-electron chi connectivity index (χ4n) is 6.03. The number of hydrogen-bond acceptors (Lipinski definition) is 5. The number of rotatable bonds is 4. The van der Waals surface area contributed by atoms with Crippen LogP contribution < -0.4 is 0 Å². The minimum Gasteiger partial charge on any atom is -0.208 e. The van der Waals surface area contributed by atoms with Gasteiger partial charge in [0.2, 0.25) is 0 Å². The first kappa shape index (κ1) is 25.3. The molecule has 6 aromatic carbocycles. The van der Waals surface area contributed by atoms with Crippen molar-refractivity contribution < 1.29 is 0 Å². The lowest BCUT2D eigenvalue weighted by molar-refractivity contribution is 1.08. The molecule has 0 amide bonds. The van der Waals surface area contributed by atoms with Crippen LogP contribution in [0.15, 0.2) is 140 Å². The van der Waals surface area contributed by atoms with Gasteiger partial charge in [0.1, 0.15) is 0 Å². The Morgan fingerprint density at radius 1 is 0.341 bits per heavy atom. The van der Waals surface area contributed by atoms with Gasteiger partial charge in [0.25, 0.3) is 0 Å². The highest BCUT2D eigenvalue weighted by Crippen LogP contribution is 2.43. The zero-order chi connectivity index (χ0) is 29.0. The van der Waals surface area contributed by atoms with E-state index in [-0.39, 0.29) is 0 Å². The highest BCUT2D eigenvalue weighted by molar-refractivity contribution is 7.26. The molecule has 3 nitrogen and oxygen atoms in total. The normalized spacial score (nSPS) is 11.6. The van der Waals surface area contributed by atoms with Crippen molar-refractivity contribution in [2.45, 2.75) is 0 Å². The van der Waals surface area contributed by atoms with E-state index in [0.29, 0.717) is 17.5 Å². The monoisotopic (exact) mass is 597 g/mol. The molecule has 3 aromatic heterocycles. The second-order valence-electron chi connectivity index (χ2n) is 10.8. The average molecular weight is 598 g/mol. The summed E-state index contributed by atoms with van der Waals surface area (Å²) in [4.78, 5) is 15.2. The van der Waals surface area contributed by atoms with E-state index in [1.54, 1.807) is 0 Å². The quantitative estimate of drug-likeness (QED) is 0.203. The highest BCUT2D eigenvalue weighted by atomic mass is 32.1. The minimum atomic E-state index is 0.666. The highest BCUT2D eigenvalue weighted by Gasteiger charge is 2.19. The Labute approximate surface area is 261 Å². The third kappa shape index (κ3) is 4.21. The van der Waals surface area contributed by atoms with Crippen molar-refractivity contribution in [1.29, 1.82) is 0 Å². The summed E-state index contributed by atoms with van der Waals surface area (Å²) in [5.41, 5.74) is 5.28. The average Bonchev–Trinajstić information content (AvgIpc) is 3.66. The van der Waals surface area contributed by atoms with Crippen LogP contribution in [0.4, 0.5) is 0 Å². The fourth-order valence-corrected chi connectivity index (χ4v) is 8.35. The molecule has 3 heterocycles. The van der Waals surface area contributed by atoms with E-state index in [2.05, 4.69) is 103 Å². The number of aromatic nitrogens is 3. The molecule has 0 radical (unpaired) electrons. The molecule has 0 fully saturated rings. The molecule has 0 bridgehead atoms. The summed E-state index contributed by atoms with van der Waals surface area (Å²) in [6.07, 6.45) is 0. The van der Waals surface area contributed by atoms with Gasteiger partial charge in [0.05, 0.1) is 0 Å². The van der Waals surface area contributed by atoms with E-state index in [4.69, 9.17) is 15.0 Å². The van der Waals surface area contributed by atoms with E-state index in [9.17, 15) is 0 Å². The van der Waals surface area contributed by atoms with Gasteiger partial charge in [-0.1, -0.05) is 109 Å². The van der Waals surface area contributed by atoms with Gasteiger partial charge < -0.3 is 0 Å². The topological polar surface area (TPSA) is 38.7 Å². The molecule has 0 N–H and O–H groups in total. The van der Waals surface area contributed by atoms with E-state index in [0.717, 1.165) is 22.3 Å². The Bertz CT molecular complexity index is 2440. The maximum atomic E-state index is 5.13. The Morgan fingerprint density at radius 2 is 0.864 bits per heavy atom. The van der Waals surface area contributed by atoms with Crippen molar-refractivity contribution in [2.75, 3.05) is 0 Å². The van der Waals surface area contributed by atoms with Crippen LogP contribution in [-0.4, -0.2) is 15.0 Å². The Morgan fingerprint density at radius 3 is 1.57 bits per heavy atom. The zero-order valence-electron chi connectivity index (χ0n) is 23.4. The molecule has 0 saturated carbocycles. The SMILES string of the molecule is c1ccc(-c2nc(-c3ccccc3)nc(-c3cc(-c4ccc5c(c4)sc4ccccc45)cc4sc5ccccc5c34)n2)cc1. The predicted molar refractivity (Wildman–Crippen MR) is 187 cm³/mol. The summed E-state index contributed by atoms with van der Waals surface area (Å²) in [5, 5.41) is 5.01. The van der Waals surface area contributed by atoms with Gasteiger partial charge in [0.15, 0.2) is 17.5 Å². The summed E-state index contributed by atoms with van der Waals surface area (Å²) in [6.45, 7) is 0. The predicted octanol–water partition coefficient (Wildman–Crippen LogP) is 11.3. The number of hydrogen-bond donors (Lipinski definition) is 0. The molecule has 0 spiro atoms. The van der Waals surface area contributed by atoms with Crippen LogP contribution >= 0.6 is 22.7 Å². The van der Waals surface area contributed by atoms with Crippen LogP contribution in [0.2, 0.25) is 0 Å². The van der Waals surface area contributed by atoms with Crippen molar-refractivity contribution in [3.63, 3.8) is 0 Å². The van der Waals surface area contributed by atoms with Crippen molar-refractivity contribution in [1.82, 2.24) is 15.0 Å². The molecule has 9 aromatic rings. The van der Waals surface area contributed by atoms with Gasteiger partial charge in [0, 0.05) is 57.0 Å². The van der Waals surface area contributed by atoms with Gasteiger partial charge in [-0.25, -0.2) is 15.0 Å². The molecule has 206 valence electrons. The number of fused-ring (bicyclic) bond motifs is 6. The Balaban J connectivity index is 1.32. The van der Waals surface area contributed by atoms with Crippen molar-refractivity contribution in [2.24, 2.45) is 0 Å². The second kappa shape index (κ2) is 10.2. The van der Waals surface area contributed by atoms with Gasteiger partial charge in [-0.05, 0) is 41.5 Å². The van der Waals surface area contributed by atoms with Crippen LogP contribution in [0.3, 0.4) is 0 Å². The van der Waals surface area contributed by atoms with Crippen molar-refractivity contribution in [3.05, 3.63) is 140 Å². The van der Waals surface area contributed by atoms with E-state index in [1.807, 2.05) is 59.1 Å². The summed E-state index contributed by atoms with van der Waals surface area (Å²) in [7, 11) is 0. The second-order valence-corrected chi connectivity index (χ2v) is 13.0. The third-order valence-electron chi connectivity index (χ3n) is 8.13. The third-order valence-corrected chi connectivity index (χ3v) is 10.4. The van der Waals surface area contributed by atoms with Crippen LogP contribution in [-0.2, 0) is 0 Å². The molecule has 0 atom stereocenters. The fraction of sp³-hybridized carbons (Fsp3) is 0. The number of thiophene rings is 2. The smallest absolute Gasteiger partial charge is 0.164 e. The van der Waals surface area contributed by atoms with Crippen molar-refractivity contribution in [3.8, 4) is 45.3 Å². The maximum Gasteiger partial charge on any atom is 0.164 e. The lowest BCUT2D eigenvalue weighted by Gasteiger charge is -2.11. The Hall–Kier alpha value is -5.23. The van der Waals surface area contributed by atoms with Crippen LogP contribution in [0, 0.1) is 0 Å². The molecule has 5 heteroatoms. The number of nitrogens with zero attached hydrogens (tertiary/aromatic N) is 3. The molecule has 0 unspecified atom stereocenters. The summed E-state index contributed by atoms with van der Waals surface area (Å²) in [5.74, 6) is 2.01. The van der Waals surface area contributed by atoms with E-state index in [1.165, 1.54) is 45.9 Å². The van der Waals surface area contributed by atoms with Gasteiger partial charge >= 0.3 is 0 Å². The number of benzene rings is 6. The van der Waals surface area contributed by atoms with Gasteiger partial charge in [-0.3, -0.25) is 0 Å². The van der Waals surface area contributed by atoms with E-state index >= 15 is 0 Å². The van der Waals surface area contributed by atoms with Gasteiger partial charge in [-0.15, -0.1) is 22.7 Å². The molecule has 0 saturated heterocycles. The lowest BCUT2D eigenvalue weighted by atomic mass is 9.97. The molecule has 0 aliphatic rings. The van der Waals surface area contributed by atoms with Crippen LogP contribution in [0.25, 0.3) is 85.6 Å². The van der Waals surface area contributed by atoms with Gasteiger partial charge in [-0.2, -0.15) is 0 Å². The minimum absolute atomic E-state index is 0.666. The molecular formula is C39H23N3S2. The molecular weight excluding hydrogens is 575 g/mol. The zero-order valence-corrected chi connectivity index (χ0v) is 25.1. The maximum absolute atomic E-state index is 5.13. The largest absolute Gasteiger partial charge is 0.208 e.